The largest absolute Gasteiger partial charge is 0.495 e. The van der Waals surface area contributed by atoms with Gasteiger partial charge >= 0.3 is 6.09 Å². The van der Waals surface area contributed by atoms with Crippen LogP contribution in [0.5, 0.6) is 5.75 Å². The van der Waals surface area contributed by atoms with E-state index in [0.29, 0.717) is 48.7 Å². The summed E-state index contributed by atoms with van der Waals surface area (Å²) in [6.07, 6.45) is 4.71. The van der Waals surface area contributed by atoms with E-state index in [0.717, 1.165) is 19.0 Å². The lowest BCUT2D eigenvalue weighted by molar-refractivity contribution is 0.0206. The summed E-state index contributed by atoms with van der Waals surface area (Å²) in [6.45, 7) is 6.55. The number of likely N-dealkylation sites (tertiary alicyclic amines) is 1. The van der Waals surface area contributed by atoms with Gasteiger partial charge in [0.1, 0.15) is 28.4 Å². The number of hydrogen-bond donors (Lipinski definition) is 2. The van der Waals surface area contributed by atoms with Crippen molar-refractivity contribution in [1.29, 1.82) is 0 Å². The van der Waals surface area contributed by atoms with Crippen LogP contribution in [-0.4, -0.2) is 78.6 Å². The van der Waals surface area contributed by atoms with Crippen LogP contribution < -0.4 is 10.1 Å². The SMILES string of the molecule is COc1cc2ncc(-c3nc(NC4CCCN(C(=O)OC(C)(C)C)C4)ncc3F)n2nc1C1CC(O)C1. The van der Waals surface area contributed by atoms with Gasteiger partial charge in [-0.05, 0) is 46.5 Å². The number of hydrogen-bond acceptors (Lipinski definition) is 9. The van der Waals surface area contributed by atoms with Gasteiger partial charge in [0.2, 0.25) is 5.95 Å². The standard InChI is InChI=1S/C25H32FN7O4/c1-25(2,3)37-24(35)32-7-5-6-15(13-32)29-23-28-11-17(26)22(30-23)18-12-27-20-10-19(36-4)21(31-33(18)20)14-8-16(34)9-14/h10-12,14-16,34H,5-9,13H2,1-4H3,(H,28,29,30). The Kier molecular flexibility index (Phi) is 6.61. The number of carbonyl (C=O) groups is 1. The predicted octanol–water partition coefficient (Wildman–Crippen LogP) is 3.38. The average Bonchev–Trinajstić information content (AvgIpc) is 3.24. The van der Waals surface area contributed by atoms with Gasteiger partial charge in [-0.3, -0.25) is 0 Å². The number of aromatic nitrogens is 5. The lowest BCUT2D eigenvalue weighted by Gasteiger charge is -2.34. The van der Waals surface area contributed by atoms with Crippen molar-refractivity contribution < 1.29 is 23.8 Å². The molecule has 0 spiro atoms. The number of piperidine rings is 1. The number of aliphatic hydroxyl groups is 1. The van der Waals surface area contributed by atoms with Crippen LogP contribution in [-0.2, 0) is 4.74 Å². The molecule has 3 aromatic heterocycles. The monoisotopic (exact) mass is 513 g/mol. The van der Waals surface area contributed by atoms with E-state index in [-0.39, 0.29) is 35.8 Å². The van der Waals surface area contributed by atoms with Crippen LogP contribution in [0.15, 0.2) is 18.5 Å². The smallest absolute Gasteiger partial charge is 0.410 e. The van der Waals surface area contributed by atoms with Gasteiger partial charge in [0.25, 0.3) is 0 Å². The normalized spacial score (nSPS) is 22.0. The van der Waals surface area contributed by atoms with Crippen molar-refractivity contribution in [3.8, 4) is 17.1 Å². The zero-order chi connectivity index (χ0) is 26.3. The van der Waals surface area contributed by atoms with Crippen LogP contribution in [0.4, 0.5) is 15.1 Å². The molecule has 1 amide bonds. The first-order valence-corrected chi connectivity index (χ1v) is 12.5. The first-order valence-electron chi connectivity index (χ1n) is 12.5. The van der Waals surface area contributed by atoms with Crippen LogP contribution in [0.25, 0.3) is 17.0 Å². The van der Waals surface area contributed by atoms with Crippen LogP contribution >= 0.6 is 0 Å². The van der Waals surface area contributed by atoms with Crippen molar-refractivity contribution in [1.82, 2.24) is 29.5 Å². The minimum Gasteiger partial charge on any atom is -0.495 e. The lowest BCUT2D eigenvalue weighted by atomic mass is 9.80. The van der Waals surface area contributed by atoms with Gasteiger partial charge in [0.15, 0.2) is 11.5 Å². The summed E-state index contributed by atoms with van der Waals surface area (Å²) >= 11 is 0. The van der Waals surface area contributed by atoms with E-state index in [1.54, 1.807) is 22.6 Å². The summed E-state index contributed by atoms with van der Waals surface area (Å²) in [6, 6.07) is 1.64. The van der Waals surface area contributed by atoms with Crippen molar-refractivity contribution in [2.45, 2.75) is 70.1 Å². The molecule has 2 aliphatic rings. The molecule has 1 unspecified atom stereocenters. The third kappa shape index (κ3) is 5.29. The van der Waals surface area contributed by atoms with Crippen LogP contribution in [0.3, 0.4) is 0 Å². The highest BCUT2D eigenvalue weighted by Crippen LogP contribution is 2.40. The van der Waals surface area contributed by atoms with Crippen molar-refractivity contribution in [2.24, 2.45) is 0 Å². The molecule has 1 aliphatic carbocycles. The van der Waals surface area contributed by atoms with Gasteiger partial charge in [-0.2, -0.15) is 5.10 Å². The van der Waals surface area contributed by atoms with Crippen LogP contribution in [0, 0.1) is 5.82 Å². The maximum atomic E-state index is 14.9. The highest BCUT2D eigenvalue weighted by molar-refractivity contribution is 5.68. The molecule has 198 valence electrons. The molecule has 1 aliphatic heterocycles. The number of fused-ring (bicyclic) bond motifs is 1. The van der Waals surface area contributed by atoms with Crippen molar-refractivity contribution in [3.05, 3.63) is 30.0 Å². The fourth-order valence-electron chi connectivity index (χ4n) is 4.72. The maximum absolute atomic E-state index is 14.9. The fraction of sp³-hybridized carbons (Fsp3) is 0.560. The Morgan fingerprint density at radius 2 is 2.03 bits per heavy atom. The summed E-state index contributed by atoms with van der Waals surface area (Å²) < 4.78 is 27.5. The lowest BCUT2D eigenvalue weighted by Crippen LogP contribution is -2.47. The second kappa shape index (κ2) is 9.73. The third-order valence-electron chi connectivity index (χ3n) is 6.60. The summed E-state index contributed by atoms with van der Waals surface area (Å²) in [7, 11) is 1.56. The first-order chi connectivity index (χ1) is 17.6. The van der Waals surface area contributed by atoms with Gasteiger partial charge in [0, 0.05) is 31.1 Å². The summed E-state index contributed by atoms with van der Waals surface area (Å²) in [5.74, 6) is 0.276. The van der Waals surface area contributed by atoms with Crippen molar-refractivity contribution in [2.75, 3.05) is 25.5 Å². The van der Waals surface area contributed by atoms with Crippen LogP contribution in [0.2, 0.25) is 0 Å². The minimum atomic E-state index is -0.607. The fourth-order valence-corrected chi connectivity index (χ4v) is 4.72. The molecule has 1 saturated carbocycles. The van der Waals surface area contributed by atoms with E-state index >= 15 is 0 Å². The van der Waals surface area contributed by atoms with E-state index in [4.69, 9.17) is 14.6 Å². The summed E-state index contributed by atoms with van der Waals surface area (Å²) in [5.41, 5.74) is 1.04. The maximum Gasteiger partial charge on any atom is 0.410 e. The number of halogens is 1. The number of rotatable bonds is 5. The van der Waals surface area contributed by atoms with Crippen LogP contribution in [0.1, 0.15) is 58.1 Å². The molecular formula is C25H32FN7O4. The first kappa shape index (κ1) is 25.1. The second-order valence-corrected chi connectivity index (χ2v) is 10.6. The third-order valence-corrected chi connectivity index (χ3v) is 6.60. The van der Waals surface area contributed by atoms with E-state index in [9.17, 15) is 14.3 Å². The zero-order valence-electron chi connectivity index (χ0n) is 21.4. The Balaban J connectivity index is 1.39. The number of nitrogens with zero attached hydrogens (tertiary/aromatic N) is 6. The Morgan fingerprint density at radius 3 is 2.73 bits per heavy atom. The molecule has 3 aromatic rings. The topological polar surface area (TPSA) is 127 Å². The minimum absolute atomic E-state index is 0.0521. The van der Waals surface area contributed by atoms with Gasteiger partial charge in [-0.25, -0.2) is 28.7 Å². The number of ether oxygens (including phenoxy) is 2. The molecule has 0 bridgehead atoms. The van der Waals surface area contributed by atoms with Crippen molar-refractivity contribution >= 4 is 17.7 Å². The number of carbonyl (C=O) groups excluding carboxylic acids is 1. The van der Waals surface area contributed by atoms with Gasteiger partial charge < -0.3 is 24.8 Å². The van der Waals surface area contributed by atoms with Gasteiger partial charge in [-0.1, -0.05) is 0 Å². The highest BCUT2D eigenvalue weighted by Gasteiger charge is 2.33. The molecule has 1 saturated heterocycles. The number of nitrogens with one attached hydrogen (secondary N) is 1. The summed E-state index contributed by atoms with van der Waals surface area (Å²) in [5, 5.41) is 17.7. The molecule has 0 radical (unpaired) electrons. The molecule has 2 fully saturated rings. The highest BCUT2D eigenvalue weighted by atomic mass is 19.1. The quantitative estimate of drug-likeness (QED) is 0.528. The zero-order valence-corrected chi connectivity index (χ0v) is 21.4. The Labute approximate surface area is 214 Å². The number of aliphatic hydroxyl groups excluding tert-OH is 1. The van der Waals surface area contributed by atoms with Gasteiger partial charge in [-0.15, -0.1) is 0 Å². The van der Waals surface area contributed by atoms with Crippen molar-refractivity contribution in [3.63, 3.8) is 0 Å². The number of imidazole rings is 1. The second-order valence-electron chi connectivity index (χ2n) is 10.6. The van der Waals surface area contributed by atoms with E-state index < -0.39 is 11.4 Å². The van der Waals surface area contributed by atoms with E-state index in [1.807, 2.05) is 20.8 Å². The molecule has 12 heteroatoms. The van der Waals surface area contributed by atoms with E-state index in [1.165, 1.54) is 6.20 Å². The average molecular weight is 514 g/mol. The number of methoxy groups -OCH3 is 1. The van der Waals surface area contributed by atoms with E-state index in [2.05, 4.69) is 20.3 Å². The Morgan fingerprint density at radius 1 is 1.24 bits per heavy atom. The molecule has 11 nitrogen and oxygen atoms in total. The molecule has 37 heavy (non-hydrogen) atoms. The molecule has 1 atom stereocenters. The molecule has 0 aromatic carbocycles. The molecule has 5 rings (SSSR count). The molecular weight excluding hydrogens is 481 g/mol. The number of anilines is 1. The Hall–Kier alpha value is -3.54. The Bertz CT molecular complexity index is 1300. The van der Waals surface area contributed by atoms with Gasteiger partial charge in [0.05, 0.1) is 25.6 Å². The summed E-state index contributed by atoms with van der Waals surface area (Å²) in [4.78, 5) is 27.1. The molecule has 2 N–H and O–H groups in total. The number of amides is 1. The molecule has 4 heterocycles. The predicted molar refractivity (Wildman–Crippen MR) is 133 cm³/mol.